The summed E-state index contributed by atoms with van der Waals surface area (Å²) in [5.74, 6) is -0.588. The number of aromatic nitrogens is 1. The number of amides is 2. The third-order valence-corrected chi connectivity index (χ3v) is 4.23. The van der Waals surface area contributed by atoms with Crippen LogP contribution in [-0.2, 0) is 4.79 Å². The number of nitrogens with zero attached hydrogens (tertiary/aromatic N) is 1. The average molecular weight is 321 g/mol. The van der Waals surface area contributed by atoms with Gasteiger partial charge in [-0.1, -0.05) is 13.8 Å². The molecule has 0 radical (unpaired) electrons. The van der Waals surface area contributed by atoms with E-state index < -0.39 is 11.9 Å². The van der Waals surface area contributed by atoms with Gasteiger partial charge in [0.1, 0.15) is 6.04 Å². The van der Waals surface area contributed by atoms with Gasteiger partial charge in [-0.3, -0.25) is 9.59 Å². The number of carbonyl (C=O) groups excluding carboxylic acids is 2. The van der Waals surface area contributed by atoms with Crippen LogP contribution < -0.4 is 10.6 Å². The van der Waals surface area contributed by atoms with Gasteiger partial charge in [0.05, 0.1) is 12.0 Å². The average Bonchev–Trinajstić information content (AvgIpc) is 3.06. The minimum absolute atomic E-state index is 0.0685. The molecule has 0 aromatic carbocycles. The largest absolute Gasteiger partial charge is 0.459 e. The van der Waals surface area contributed by atoms with Crippen molar-refractivity contribution in [3.63, 3.8) is 0 Å². The van der Waals surface area contributed by atoms with Crippen LogP contribution in [0.1, 0.15) is 35.0 Å². The van der Waals surface area contributed by atoms with Crippen molar-refractivity contribution in [1.29, 1.82) is 0 Å². The molecule has 2 heterocycles. The number of carbonyl (C=O) groups is 2. The van der Waals surface area contributed by atoms with Gasteiger partial charge in [-0.05, 0) is 31.9 Å². The summed E-state index contributed by atoms with van der Waals surface area (Å²) < 4.78 is 5.04. The van der Waals surface area contributed by atoms with Crippen molar-refractivity contribution in [3.05, 3.63) is 34.7 Å². The lowest BCUT2D eigenvalue weighted by molar-refractivity contribution is -0.118. The normalized spacial score (nSPS) is 12.2. The van der Waals surface area contributed by atoms with Crippen molar-refractivity contribution in [1.82, 2.24) is 10.3 Å². The van der Waals surface area contributed by atoms with Crippen molar-refractivity contribution in [3.8, 4) is 0 Å². The van der Waals surface area contributed by atoms with Crippen LogP contribution in [0.15, 0.2) is 22.8 Å². The van der Waals surface area contributed by atoms with E-state index in [4.69, 9.17) is 4.42 Å². The standard InChI is InChI=1S/C15H19N3O3S/c1-8(2)12(17-13(19)11-6-5-7-21-11)14(20)18-15-16-9(3)10(4)22-15/h5-8,12H,1-4H3,(H,17,19)(H,16,18,20). The van der Waals surface area contributed by atoms with Crippen LogP contribution in [0.5, 0.6) is 0 Å². The molecule has 0 fully saturated rings. The number of nitrogens with one attached hydrogen (secondary N) is 2. The maximum Gasteiger partial charge on any atom is 0.287 e. The van der Waals surface area contributed by atoms with Crippen LogP contribution in [0, 0.1) is 19.8 Å². The molecule has 118 valence electrons. The van der Waals surface area contributed by atoms with Crippen LogP contribution in [0.2, 0.25) is 0 Å². The number of rotatable bonds is 5. The highest BCUT2D eigenvalue weighted by Gasteiger charge is 2.26. The molecule has 1 unspecified atom stereocenters. The lowest BCUT2D eigenvalue weighted by atomic mass is 10.0. The number of anilines is 1. The predicted molar refractivity (Wildman–Crippen MR) is 85.0 cm³/mol. The molecule has 1 atom stereocenters. The second-order valence-electron chi connectivity index (χ2n) is 5.32. The number of hydrogen-bond donors (Lipinski definition) is 2. The lowest BCUT2D eigenvalue weighted by Gasteiger charge is -2.20. The molecule has 2 aromatic heterocycles. The topological polar surface area (TPSA) is 84.2 Å². The molecular formula is C15H19N3O3S. The quantitative estimate of drug-likeness (QED) is 0.887. The van der Waals surface area contributed by atoms with E-state index in [0.717, 1.165) is 10.6 Å². The minimum atomic E-state index is -0.665. The fourth-order valence-corrected chi connectivity index (χ4v) is 2.68. The summed E-state index contributed by atoms with van der Waals surface area (Å²) in [6, 6.07) is 2.51. The zero-order valence-electron chi connectivity index (χ0n) is 13.0. The maximum absolute atomic E-state index is 12.4. The van der Waals surface area contributed by atoms with Crippen LogP contribution in [0.25, 0.3) is 0 Å². The van der Waals surface area contributed by atoms with Crippen molar-refractivity contribution in [2.75, 3.05) is 5.32 Å². The van der Waals surface area contributed by atoms with E-state index in [9.17, 15) is 9.59 Å². The Labute approximate surface area is 132 Å². The summed E-state index contributed by atoms with van der Waals surface area (Å²) in [7, 11) is 0. The minimum Gasteiger partial charge on any atom is -0.459 e. The Morgan fingerprint density at radius 1 is 1.32 bits per heavy atom. The third kappa shape index (κ3) is 3.73. The molecule has 0 aliphatic carbocycles. The summed E-state index contributed by atoms with van der Waals surface area (Å²) in [5, 5.41) is 5.99. The molecule has 0 saturated heterocycles. The van der Waals surface area contributed by atoms with E-state index in [1.54, 1.807) is 12.1 Å². The van der Waals surface area contributed by atoms with E-state index in [-0.39, 0.29) is 17.6 Å². The summed E-state index contributed by atoms with van der Waals surface area (Å²) in [5.41, 5.74) is 0.890. The SMILES string of the molecule is Cc1nc(NC(=O)C(NC(=O)c2ccco2)C(C)C)sc1C. The van der Waals surface area contributed by atoms with Gasteiger partial charge in [-0.25, -0.2) is 4.98 Å². The molecule has 7 heteroatoms. The fourth-order valence-electron chi connectivity index (χ4n) is 1.86. The molecule has 6 nitrogen and oxygen atoms in total. The molecule has 0 aliphatic rings. The van der Waals surface area contributed by atoms with E-state index >= 15 is 0 Å². The number of aryl methyl sites for hydroxylation is 2. The Morgan fingerprint density at radius 2 is 2.05 bits per heavy atom. The molecule has 0 bridgehead atoms. The molecule has 0 spiro atoms. The maximum atomic E-state index is 12.4. The monoisotopic (exact) mass is 321 g/mol. The molecule has 22 heavy (non-hydrogen) atoms. The van der Waals surface area contributed by atoms with Crippen molar-refractivity contribution < 1.29 is 14.0 Å². The van der Waals surface area contributed by atoms with E-state index in [2.05, 4.69) is 15.6 Å². The zero-order valence-corrected chi connectivity index (χ0v) is 13.8. The smallest absolute Gasteiger partial charge is 0.287 e. The van der Waals surface area contributed by atoms with E-state index in [1.807, 2.05) is 27.7 Å². The molecule has 0 aliphatic heterocycles. The molecule has 2 rings (SSSR count). The number of furan rings is 1. The first-order valence-corrected chi connectivity index (χ1v) is 7.79. The Kier molecular flexibility index (Phi) is 4.97. The Hall–Kier alpha value is -2.15. The van der Waals surface area contributed by atoms with Gasteiger partial charge in [0.15, 0.2) is 10.9 Å². The first-order chi connectivity index (χ1) is 10.4. The highest BCUT2D eigenvalue weighted by Crippen LogP contribution is 2.21. The van der Waals surface area contributed by atoms with E-state index in [0.29, 0.717) is 5.13 Å². The molecule has 2 aromatic rings. The third-order valence-electron chi connectivity index (χ3n) is 3.24. The molecule has 0 saturated carbocycles. The molecule has 2 N–H and O–H groups in total. The highest BCUT2D eigenvalue weighted by atomic mass is 32.1. The number of hydrogen-bond acceptors (Lipinski definition) is 5. The first kappa shape index (κ1) is 16.2. The summed E-state index contributed by atoms with van der Waals surface area (Å²) in [6.07, 6.45) is 1.42. The Bertz CT molecular complexity index is 642. The van der Waals surface area contributed by atoms with E-state index in [1.165, 1.54) is 17.6 Å². The second kappa shape index (κ2) is 6.74. The summed E-state index contributed by atoms with van der Waals surface area (Å²) >= 11 is 1.41. The summed E-state index contributed by atoms with van der Waals surface area (Å²) in [6.45, 7) is 7.57. The van der Waals surface area contributed by atoms with Gasteiger partial charge >= 0.3 is 0 Å². The Balaban J connectivity index is 2.07. The van der Waals surface area contributed by atoms with Gasteiger partial charge in [0.2, 0.25) is 5.91 Å². The van der Waals surface area contributed by atoms with Crippen LogP contribution in [0.4, 0.5) is 5.13 Å². The van der Waals surface area contributed by atoms with Crippen molar-refractivity contribution >= 4 is 28.3 Å². The predicted octanol–water partition coefficient (Wildman–Crippen LogP) is 2.75. The zero-order chi connectivity index (χ0) is 16.3. The van der Waals surface area contributed by atoms with Gasteiger partial charge in [0, 0.05) is 4.88 Å². The molecule has 2 amide bonds. The Morgan fingerprint density at radius 3 is 2.55 bits per heavy atom. The van der Waals surface area contributed by atoms with Crippen LogP contribution >= 0.6 is 11.3 Å². The highest BCUT2D eigenvalue weighted by molar-refractivity contribution is 7.15. The fraction of sp³-hybridized carbons (Fsp3) is 0.400. The second-order valence-corrected chi connectivity index (χ2v) is 6.53. The van der Waals surface area contributed by atoms with Gasteiger partial charge in [0.25, 0.3) is 5.91 Å². The van der Waals surface area contributed by atoms with Gasteiger partial charge in [-0.15, -0.1) is 11.3 Å². The first-order valence-electron chi connectivity index (χ1n) is 6.97. The van der Waals surface area contributed by atoms with Crippen molar-refractivity contribution in [2.24, 2.45) is 5.92 Å². The van der Waals surface area contributed by atoms with Gasteiger partial charge in [-0.2, -0.15) is 0 Å². The van der Waals surface area contributed by atoms with Crippen LogP contribution in [-0.4, -0.2) is 22.8 Å². The molecular weight excluding hydrogens is 302 g/mol. The number of thiazole rings is 1. The van der Waals surface area contributed by atoms with Gasteiger partial charge < -0.3 is 15.1 Å². The lowest BCUT2D eigenvalue weighted by Crippen LogP contribution is -2.47. The van der Waals surface area contributed by atoms with Crippen LogP contribution in [0.3, 0.4) is 0 Å². The van der Waals surface area contributed by atoms with Crippen molar-refractivity contribution in [2.45, 2.75) is 33.7 Å². The summed E-state index contributed by atoms with van der Waals surface area (Å²) in [4.78, 5) is 29.8.